The molecule has 110 valence electrons. The Labute approximate surface area is 125 Å². The maximum Gasteiger partial charge on any atom is 0.280 e. The lowest BCUT2D eigenvalue weighted by molar-refractivity contribution is 0.229. The predicted molar refractivity (Wildman–Crippen MR) is 74.5 cm³/mol. The van der Waals surface area contributed by atoms with Gasteiger partial charge in [0.15, 0.2) is 17.3 Å². The van der Waals surface area contributed by atoms with Gasteiger partial charge in [-0.15, -0.1) is 12.4 Å². The van der Waals surface area contributed by atoms with Gasteiger partial charge in [0.1, 0.15) is 0 Å². The number of furan rings is 1. The Kier molecular flexibility index (Phi) is 3.30. The first kappa shape index (κ1) is 13.8. The summed E-state index contributed by atoms with van der Waals surface area (Å²) < 4.78 is 15.6. The number of nitrogens with zero attached hydrogens (tertiary/aromatic N) is 3. The molecule has 0 spiro atoms. The summed E-state index contributed by atoms with van der Waals surface area (Å²) in [7, 11) is 0. The van der Waals surface area contributed by atoms with Gasteiger partial charge >= 0.3 is 0 Å². The normalized spacial score (nSPS) is 16.2. The van der Waals surface area contributed by atoms with E-state index in [0.717, 1.165) is 19.3 Å². The molecule has 2 N–H and O–H groups in total. The number of hydrogen-bond acceptors (Lipinski definition) is 7. The van der Waals surface area contributed by atoms with Crippen LogP contribution >= 0.6 is 12.4 Å². The number of halogens is 1. The van der Waals surface area contributed by atoms with Crippen LogP contribution in [0.25, 0.3) is 23.1 Å². The summed E-state index contributed by atoms with van der Waals surface area (Å²) in [6.07, 6.45) is 4.41. The lowest BCUT2D eigenvalue weighted by Gasteiger charge is -2.34. The molecule has 3 aromatic rings. The third-order valence-corrected chi connectivity index (χ3v) is 3.61. The highest BCUT2D eigenvalue weighted by molar-refractivity contribution is 5.85. The fourth-order valence-electron chi connectivity index (χ4n) is 2.22. The van der Waals surface area contributed by atoms with Crippen LogP contribution in [0.3, 0.4) is 0 Å². The molecule has 0 aliphatic heterocycles. The van der Waals surface area contributed by atoms with Gasteiger partial charge in [0.25, 0.3) is 5.89 Å². The summed E-state index contributed by atoms with van der Waals surface area (Å²) in [6, 6.07) is 5.25. The molecule has 7 nitrogen and oxygen atoms in total. The predicted octanol–water partition coefficient (Wildman–Crippen LogP) is 2.74. The summed E-state index contributed by atoms with van der Waals surface area (Å²) in [4.78, 5) is 4.31. The van der Waals surface area contributed by atoms with Crippen molar-refractivity contribution in [1.82, 2.24) is 15.3 Å². The fraction of sp³-hybridized carbons (Fsp3) is 0.308. The van der Waals surface area contributed by atoms with Crippen molar-refractivity contribution in [2.75, 3.05) is 0 Å². The van der Waals surface area contributed by atoms with E-state index in [-0.39, 0.29) is 12.4 Å². The van der Waals surface area contributed by atoms with Crippen molar-refractivity contribution in [3.05, 3.63) is 30.3 Å². The highest BCUT2D eigenvalue weighted by atomic mass is 35.5. The molecule has 0 unspecified atom stereocenters. The Balaban J connectivity index is 0.00000132. The minimum absolute atomic E-state index is 0. The molecule has 8 heteroatoms. The molecule has 3 heterocycles. The first-order chi connectivity index (χ1) is 9.74. The molecule has 0 saturated heterocycles. The Morgan fingerprint density at radius 1 is 1.14 bits per heavy atom. The third kappa shape index (κ3) is 2.24. The zero-order valence-corrected chi connectivity index (χ0v) is 11.8. The van der Waals surface area contributed by atoms with Crippen molar-refractivity contribution < 1.29 is 13.5 Å². The van der Waals surface area contributed by atoms with Crippen molar-refractivity contribution in [2.24, 2.45) is 5.73 Å². The van der Waals surface area contributed by atoms with Gasteiger partial charge in [-0.25, -0.2) is 0 Å². The minimum atomic E-state index is -0.449. The van der Waals surface area contributed by atoms with Crippen molar-refractivity contribution in [3.63, 3.8) is 0 Å². The maximum absolute atomic E-state index is 6.15. The van der Waals surface area contributed by atoms with Crippen molar-refractivity contribution >= 4 is 12.4 Å². The van der Waals surface area contributed by atoms with Crippen LogP contribution in [0, 0.1) is 0 Å². The summed E-state index contributed by atoms with van der Waals surface area (Å²) in [5.74, 6) is 1.94. The quantitative estimate of drug-likeness (QED) is 0.793. The average Bonchev–Trinajstić information content (AvgIpc) is 3.13. The third-order valence-electron chi connectivity index (χ3n) is 3.61. The minimum Gasteiger partial charge on any atom is -0.461 e. The monoisotopic (exact) mass is 308 g/mol. The van der Waals surface area contributed by atoms with Crippen LogP contribution in [-0.4, -0.2) is 15.3 Å². The molecular formula is C13H13ClN4O3. The molecule has 0 amide bonds. The first-order valence-electron chi connectivity index (χ1n) is 6.39. The molecule has 3 aromatic heterocycles. The summed E-state index contributed by atoms with van der Waals surface area (Å²) >= 11 is 0. The van der Waals surface area contributed by atoms with E-state index in [1.807, 2.05) is 0 Å². The second-order valence-corrected chi connectivity index (χ2v) is 4.99. The number of nitrogens with two attached hydrogens (primary N) is 1. The van der Waals surface area contributed by atoms with E-state index in [4.69, 9.17) is 19.2 Å². The van der Waals surface area contributed by atoms with E-state index >= 15 is 0 Å². The number of aromatic nitrogens is 3. The van der Waals surface area contributed by atoms with E-state index in [2.05, 4.69) is 15.3 Å². The Bertz CT molecular complexity index is 730. The SMILES string of the molecule is Cl.NC1(c2noc(-c3cc(-c4ccco4)on3)n2)CCC1. The van der Waals surface area contributed by atoms with Gasteiger partial charge < -0.3 is 19.2 Å². The van der Waals surface area contributed by atoms with Crippen molar-refractivity contribution in [1.29, 1.82) is 0 Å². The van der Waals surface area contributed by atoms with Crippen LogP contribution in [0.4, 0.5) is 0 Å². The lowest BCUT2D eigenvalue weighted by Crippen LogP contribution is -2.44. The van der Waals surface area contributed by atoms with Gasteiger partial charge in [0.2, 0.25) is 5.76 Å². The largest absolute Gasteiger partial charge is 0.461 e. The van der Waals surface area contributed by atoms with Crippen molar-refractivity contribution in [3.8, 4) is 23.1 Å². The Morgan fingerprint density at radius 2 is 2.00 bits per heavy atom. The molecule has 1 aliphatic carbocycles. The molecule has 0 radical (unpaired) electrons. The van der Waals surface area contributed by atoms with Gasteiger partial charge in [0.05, 0.1) is 11.8 Å². The van der Waals surface area contributed by atoms with Gasteiger partial charge in [-0.2, -0.15) is 4.98 Å². The Hall–Kier alpha value is -2.12. The number of hydrogen-bond donors (Lipinski definition) is 1. The summed E-state index contributed by atoms with van der Waals surface area (Å²) in [6.45, 7) is 0. The van der Waals surface area contributed by atoms with Gasteiger partial charge in [-0.1, -0.05) is 10.3 Å². The molecule has 21 heavy (non-hydrogen) atoms. The molecule has 0 bridgehead atoms. The standard InChI is InChI=1S/C13H12N4O3.ClH/c14-13(4-2-5-13)12-15-11(20-17-12)8-7-10(19-16-8)9-3-1-6-18-9;/h1,3,6-7H,2,4-5,14H2;1H. The highest BCUT2D eigenvalue weighted by Gasteiger charge is 2.39. The fourth-order valence-corrected chi connectivity index (χ4v) is 2.22. The second-order valence-electron chi connectivity index (χ2n) is 4.99. The van der Waals surface area contributed by atoms with Gasteiger partial charge in [-0.05, 0) is 31.4 Å². The average molecular weight is 309 g/mol. The van der Waals surface area contributed by atoms with E-state index < -0.39 is 5.54 Å². The summed E-state index contributed by atoms with van der Waals surface area (Å²) in [5.41, 5.74) is 6.18. The smallest absolute Gasteiger partial charge is 0.280 e. The second kappa shape index (κ2) is 5.01. The van der Waals surface area contributed by atoms with Gasteiger partial charge in [0, 0.05) is 6.07 Å². The molecular weight excluding hydrogens is 296 g/mol. The van der Waals surface area contributed by atoms with Crippen molar-refractivity contribution in [2.45, 2.75) is 24.8 Å². The molecule has 1 fully saturated rings. The van der Waals surface area contributed by atoms with Crippen LogP contribution in [0.5, 0.6) is 0 Å². The van der Waals surface area contributed by atoms with E-state index in [1.54, 1.807) is 24.5 Å². The molecule has 0 atom stereocenters. The van der Waals surface area contributed by atoms with Gasteiger partial charge in [-0.3, -0.25) is 0 Å². The zero-order valence-electron chi connectivity index (χ0n) is 11.0. The van der Waals surface area contributed by atoms with E-state index in [0.29, 0.717) is 28.9 Å². The lowest BCUT2D eigenvalue weighted by atomic mass is 9.77. The molecule has 0 aromatic carbocycles. The molecule has 1 saturated carbocycles. The molecule has 1 aliphatic rings. The van der Waals surface area contributed by atoms with E-state index in [1.165, 1.54) is 0 Å². The van der Waals surface area contributed by atoms with Crippen LogP contribution in [0.1, 0.15) is 25.1 Å². The van der Waals surface area contributed by atoms with Crippen LogP contribution in [-0.2, 0) is 5.54 Å². The van der Waals surface area contributed by atoms with Crippen LogP contribution < -0.4 is 5.73 Å². The zero-order chi connectivity index (χ0) is 13.6. The summed E-state index contributed by atoms with van der Waals surface area (Å²) in [5, 5.41) is 7.85. The topological polar surface area (TPSA) is 104 Å². The Morgan fingerprint density at radius 3 is 2.67 bits per heavy atom. The maximum atomic E-state index is 6.15. The van der Waals surface area contributed by atoms with Crippen LogP contribution in [0.15, 0.2) is 37.9 Å². The highest BCUT2D eigenvalue weighted by Crippen LogP contribution is 2.37. The van der Waals surface area contributed by atoms with Crippen LogP contribution in [0.2, 0.25) is 0 Å². The first-order valence-corrected chi connectivity index (χ1v) is 6.39. The van der Waals surface area contributed by atoms with E-state index in [9.17, 15) is 0 Å². The number of rotatable bonds is 3. The molecule has 4 rings (SSSR count).